The van der Waals surface area contributed by atoms with E-state index in [2.05, 4.69) is 10.3 Å². The van der Waals surface area contributed by atoms with Crippen LogP contribution >= 0.6 is 0 Å². The molecule has 0 saturated heterocycles. The minimum Gasteiger partial charge on any atom is -0.364 e. The van der Waals surface area contributed by atoms with Gasteiger partial charge in [-0.2, -0.15) is 0 Å². The summed E-state index contributed by atoms with van der Waals surface area (Å²) < 4.78 is 0. The first-order valence-corrected chi connectivity index (χ1v) is 5.20. The molecule has 1 aliphatic rings. The van der Waals surface area contributed by atoms with Crippen LogP contribution in [0.15, 0.2) is 18.2 Å². The van der Waals surface area contributed by atoms with Crippen molar-refractivity contribution in [3.05, 3.63) is 23.9 Å². The van der Waals surface area contributed by atoms with Crippen LogP contribution in [0.4, 0.5) is 5.82 Å². The second kappa shape index (κ2) is 4.30. The van der Waals surface area contributed by atoms with E-state index in [0.717, 1.165) is 12.8 Å². The fraction of sp³-hybridized carbons (Fsp3) is 0.364. The van der Waals surface area contributed by atoms with Crippen LogP contribution in [-0.4, -0.2) is 23.2 Å². The van der Waals surface area contributed by atoms with E-state index in [1.807, 2.05) is 0 Å². The minimum absolute atomic E-state index is 0.198. The Hall–Kier alpha value is -1.91. The molecule has 1 aromatic rings. The predicted octanol–water partition coefficient (Wildman–Crippen LogP) is 0.571. The molecule has 1 aliphatic carbocycles. The van der Waals surface area contributed by atoms with Crippen LogP contribution in [0.5, 0.6) is 0 Å². The molecule has 84 valence electrons. The zero-order valence-electron chi connectivity index (χ0n) is 8.77. The van der Waals surface area contributed by atoms with Gasteiger partial charge in [-0.15, -0.1) is 0 Å². The van der Waals surface area contributed by atoms with Gasteiger partial charge in [-0.3, -0.25) is 9.59 Å². The maximum absolute atomic E-state index is 11.4. The maximum Gasteiger partial charge on any atom is 0.267 e. The number of hydrogen-bond donors (Lipinski definition) is 2. The van der Waals surface area contributed by atoms with Crippen molar-refractivity contribution in [2.75, 3.05) is 11.9 Å². The number of anilines is 1. The zero-order valence-corrected chi connectivity index (χ0v) is 8.77. The standard InChI is InChI=1S/C11H13N3O2/c12-11(16)8-2-1-3-10(14-8)13-6-9(15)7-4-5-7/h1-3,7H,4-6H2,(H2,12,16)(H,13,14). The molecular weight excluding hydrogens is 206 g/mol. The first-order chi connectivity index (χ1) is 7.66. The third-order valence-corrected chi connectivity index (χ3v) is 2.48. The summed E-state index contributed by atoms with van der Waals surface area (Å²) in [4.78, 5) is 26.3. The summed E-state index contributed by atoms with van der Waals surface area (Å²) in [5.74, 6) is 0.362. The summed E-state index contributed by atoms with van der Waals surface area (Å²) in [6.45, 7) is 0.264. The topological polar surface area (TPSA) is 85.1 Å². The predicted molar refractivity (Wildman–Crippen MR) is 59.0 cm³/mol. The fourth-order valence-electron chi connectivity index (χ4n) is 1.40. The van der Waals surface area contributed by atoms with E-state index in [1.165, 1.54) is 6.07 Å². The molecule has 0 aromatic carbocycles. The summed E-state index contributed by atoms with van der Waals surface area (Å²) in [5.41, 5.74) is 5.30. The number of amides is 1. The van der Waals surface area contributed by atoms with Gasteiger partial charge in [-0.1, -0.05) is 6.07 Å². The second-order valence-corrected chi connectivity index (χ2v) is 3.87. The molecular formula is C11H13N3O2. The number of nitrogens with zero attached hydrogens (tertiary/aromatic N) is 1. The van der Waals surface area contributed by atoms with Gasteiger partial charge < -0.3 is 11.1 Å². The van der Waals surface area contributed by atoms with Gasteiger partial charge >= 0.3 is 0 Å². The van der Waals surface area contributed by atoms with Crippen molar-refractivity contribution in [1.82, 2.24) is 4.98 Å². The third-order valence-electron chi connectivity index (χ3n) is 2.48. The quantitative estimate of drug-likeness (QED) is 0.758. The summed E-state index contributed by atoms with van der Waals surface area (Å²) in [6, 6.07) is 4.92. The van der Waals surface area contributed by atoms with Crippen LogP contribution in [0.2, 0.25) is 0 Å². The van der Waals surface area contributed by atoms with Crippen molar-refractivity contribution >= 4 is 17.5 Å². The number of ketones is 1. The Morgan fingerprint density at radius 2 is 2.19 bits per heavy atom. The summed E-state index contributed by atoms with van der Waals surface area (Å²) in [5, 5.41) is 2.89. The third kappa shape index (κ3) is 2.56. The van der Waals surface area contributed by atoms with Crippen LogP contribution in [0.3, 0.4) is 0 Å². The van der Waals surface area contributed by atoms with Crippen molar-refractivity contribution in [3.8, 4) is 0 Å². The molecule has 5 nitrogen and oxygen atoms in total. The highest BCUT2D eigenvalue weighted by atomic mass is 16.1. The van der Waals surface area contributed by atoms with Gasteiger partial charge in [-0.25, -0.2) is 4.98 Å². The highest BCUT2D eigenvalue weighted by molar-refractivity contribution is 5.91. The average molecular weight is 219 g/mol. The largest absolute Gasteiger partial charge is 0.364 e. The van der Waals surface area contributed by atoms with Crippen LogP contribution in [-0.2, 0) is 4.79 Å². The number of Topliss-reactive ketones (excluding diaryl/α,β-unsaturated/α-hetero) is 1. The molecule has 1 aromatic heterocycles. The summed E-state index contributed by atoms with van der Waals surface area (Å²) in [7, 11) is 0. The lowest BCUT2D eigenvalue weighted by atomic mass is 10.2. The van der Waals surface area contributed by atoms with Crippen molar-refractivity contribution in [2.45, 2.75) is 12.8 Å². The van der Waals surface area contributed by atoms with Gasteiger partial charge in [0.1, 0.15) is 11.5 Å². The molecule has 0 atom stereocenters. The normalized spacial score (nSPS) is 14.5. The number of nitrogens with one attached hydrogen (secondary N) is 1. The number of nitrogens with two attached hydrogens (primary N) is 1. The molecule has 0 aliphatic heterocycles. The Morgan fingerprint density at radius 1 is 1.44 bits per heavy atom. The van der Waals surface area contributed by atoms with E-state index in [9.17, 15) is 9.59 Å². The van der Waals surface area contributed by atoms with Gasteiger partial charge in [-0.05, 0) is 25.0 Å². The first-order valence-electron chi connectivity index (χ1n) is 5.20. The highest BCUT2D eigenvalue weighted by Gasteiger charge is 2.28. The molecule has 1 heterocycles. The van der Waals surface area contributed by atoms with E-state index in [0.29, 0.717) is 5.82 Å². The number of rotatable bonds is 5. The average Bonchev–Trinajstić information content (AvgIpc) is 3.10. The van der Waals surface area contributed by atoms with Crippen LogP contribution in [0.25, 0.3) is 0 Å². The molecule has 1 fully saturated rings. The summed E-state index contributed by atoms with van der Waals surface area (Å²) in [6.07, 6.45) is 1.99. The number of aromatic nitrogens is 1. The van der Waals surface area contributed by atoms with Crippen LogP contribution in [0.1, 0.15) is 23.3 Å². The number of primary amides is 1. The lowest BCUT2D eigenvalue weighted by Crippen LogP contribution is -2.18. The van der Waals surface area contributed by atoms with E-state index >= 15 is 0 Å². The Morgan fingerprint density at radius 3 is 2.81 bits per heavy atom. The van der Waals surface area contributed by atoms with Crippen molar-refractivity contribution in [1.29, 1.82) is 0 Å². The molecule has 1 saturated carbocycles. The Labute approximate surface area is 93.0 Å². The van der Waals surface area contributed by atoms with E-state index in [4.69, 9.17) is 5.73 Å². The number of carbonyl (C=O) groups is 2. The molecule has 16 heavy (non-hydrogen) atoms. The zero-order chi connectivity index (χ0) is 11.5. The molecule has 0 bridgehead atoms. The van der Waals surface area contributed by atoms with Crippen molar-refractivity contribution in [2.24, 2.45) is 11.7 Å². The van der Waals surface area contributed by atoms with Gasteiger partial charge in [0.15, 0.2) is 5.78 Å². The lowest BCUT2D eigenvalue weighted by molar-refractivity contribution is -0.118. The van der Waals surface area contributed by atoms with Crippen LogP contribution in [0, 0.1) is 5.92 Å². The SMILES string of the molecule is NC(=O)c1cccc(NCC(=O)C2CC2)n1. The molecule has 5 heteroatoms. The van der Waals surface area contributed by atoms with Gasteiger partial charge in [0, 0.05) is 5.92 Å². The Kier molecular flexibility index (Phi) is 2.85. The molecule has 1 amide bonds. The van der Waals surface area contributed by atoms with Gasteiger partial charge in [0.25, 0.3) is 5.91 Å². The Balaban J connectivity index is 1.95. The highest BCUT2D eigenvalue weighted by Crippen LogP contribution is 2.29. The molecule has 2 rings (SSSR count). The van der Waals surface area contributed by atoms with Gasteiger partial charge in [0.2, 0.25) is 0 Å². The number of hydrogen-bond acceptors (Lipinski definition) is 4. The van der Waals surface area contributed by atoms with Crippen LogP contribution < -0.4 is 11.1 Å². The van der Waals surface area contributed by atoms with E-state index < -0.39 is 5.91 Å². The van der Waals surface area contributed by atoms with Crippen molar-refractivity contribution < 1.29 is 9.59 Å². The minimum atomic E-state index is -0.572. The smallest absolute Gasteiger partial charge is 0.267 e. The van der Waals surface area contributed by atoms with E-state index in [1.54, 1.807) is 12.1 Å². The Bertz CT molecular complexity index is 427. The molecule has 0 unspecified atom stereocenters. The molecule has 0 spiro atoms. The first kappa shape index (κ1) is 10.6. The lowest BCUT2D eigenvalue weighted by Gasteiger charge is -2.04. The molecule has 3 N–H and O–H groups in total. The van der Waals surface area contributed by atoms with Crippen molar-refractivity contribution in [3.63, 3.8) is 0 Å². The summed E-state index contributed by atoms with van der Waals surface area (Å²) >= 11 is 0. The maximum atomic E-state index is 11.4. The fourth-order valence-corrected chi connectivity index (χ4v) is 1.40. The second-order valence-electron chi connectivity index (χ2n) is 3.87. The molecule has 0 radical (unpaired) electrons. The number of carbonyl (C=O) groups excluding carboxylic acids is 2. The monoisotopic (exact) mass is 219 g/mol. The van der Waals surface area contributed by atoms with Gasteiger partial charge in [0.05, 0.1) is 6.54 Å². The van der Waals surface area contributed by atoms with E-state index in [-0.39, 0.29) is 23.9 Å². The number of pyridine rings is 1.